The van der Waals surface area contributed by atoms with Crippen LogP contribution in [0.5, 0.6) is 5.75 Å². The van der Waals surface area contributed by atoms with Gasteiger partial charge in [-0.1, -0.05) is 6.42 Å². The number of anilines is 1. The maximum absolute atomic E-state index is 13.8. The van der Waals surface area contributed by atoms with Crippen molar-refractivity contribution in [1.29, 1.82) is 0 Å². The third-order valence-corrected chi connectivity index (χ3v) is 3.44. The van der Waals surface area contributed by atoms with Crippen LogP contribution in [0, 0.1) is 17.6 Å². The zero-order valence-corrected chi connectivity index (χ0v) is 11.1. The first-order chi connectivity index (χ1) is 9.60. The molecule has 0 spiro atoms. The maximum Gasteiger partial charge on any atom is 0.190 e. The monoisotopic (exact) mass is 287 g/mol. The first kappa shape index (κ1) is 15.0. The molecule has 0 radical (unpaired) electrons. The minimum atomic E-state index is -0.976. The zero-order chi connectivity index (χ0) is 14.5. The van der Waals surface area contributed by atoms with Crippen molar-refractivity contribution in [2.24, 2.45) is 5.92 Å². The molecule has 1 aromatic carbocycles. The van der Waals surface area contributed by atoms with Gasteiger partial charge in [0.25, 0.3) is 0 Å². The average Bonchev–Trinajstić information content (AvgIpc) is 2.37. The summed E-state index contributed by atoms with van der Waals surface area (Å²) in [6.07, 6.45) is 2.26. The molecule has 112 valence electrons. The molecule has 1 unspecified atom stereocenters. The fourth-order valence-corrected chi connectivity index (χ4v) is 1.96. The highest BCUT2D eigenvalue weighted by atomic mass is 19.1. The van der Waals surface area contributed by atoms with E-state index in [-0.39, 0.29) is 18.0 Å². The van der Waals surface area contributed by atoms with Gasteiger partial charge in [0.15, 0.2) is 17.4 Å². The predicted molar refractivity (Wildman–Crippen MR) is 70.8 cm³/mol. The van der Waals surface area contributed by atoms with Crippen LogP contribution < -0.4 is 10.1 Å². The number of aliphatic hydroxyl groups excluding tert-OH is 2. The van der Waals surface area contributed by atoms with Gasteiger partial charge in [0.1, 0.15) is 0 Å². The number of ether oxygens (including phenoxy) is 1. The molecule has 1 fully saturated rings. The SMILES string of the molecule is OCC(O)CNc1cc(F)c(OCC2CCC2)c(F)c1. The molecular weight excluding hydrogens is 268 g/mol. The Balaban J connectivity index is 1.96. The van der Waals surface area contributed by atoms with E-state index >= 15 is 0 Å². The second-order valence-electron chi connectivity index (χ2n) is 5.09. The Morgan fingerprint density at radius 3 is 2.45 bits per heavy atom. The number of aliphatic hydroxyl groups is 2. The number of benzene rings is 1. The van der Waals surface area contributed by atoms with Gasteiger partial charge in [0, 0.05) is 24.4 Å². The van der Waals surface area contributed by atoms with E-state index in [4.69, 9.17) is 14.9 Å². The molecule has 1 saturated carbocycles. The summed E-state index contributed by atoms with van der Waals surface area (Å²) in [6, 6.07) is 2.23. The van der Waals surface area contributed by atoms with Crippen molar-refractivity contribution < 1.29 is 23.7 Å². The molecule has 6 heteroatoms. The molecule has 4 nitrogen and oxygen atoms in total. The normalized spacial score (nSPS) is 16.6. The molecule has 0 amide bonds. The van der Waals surface area contributed by atoms with E-state index in [1.54, 1.807) is 0 Å². The van der Waals surface area contributed by atoms with Gasteiger partial charge in [-0.2, -0.15) is 0 Å². The molecule has 0 aromatic heterocycles. The summed E-state index contributed by atoms with van der Waals surface area (Å²) in [5, 5.41) is 20.5. The molecule has 1 aliphatic rings. The lowest BCUT2D eigenvalue weighted by Crippen LogP contribution is -2.23. The second kappa shape index (κ2) is 6.85. The predicted octanol–water partition coefficient (Wildman–Crippen LogP) is 1.91. The Kier molecular flexibility index (Phi) is 5.14. The largest absolute Gasteiger partial charge is 0.487 e. The van der Waals surface area contributed by atoms with E-state index in [0.717, 1.165) is 31.4 Å². The third kappa shape index (κ3) is 3.80. The van der Waals surface area contributed by atoms with Crippen molar-refractivity contribution in [3.05, 3.63) is 23.8 Å². The number of hydrogen-bond donors (Lipinski definition) is 3. The van der Waals surface area contributed by atoms with E-state index in [9.17, 15) is 8.78 Å². The maximum atomic E-state index is 13.8. The van der Waals surface area contributed by atoms with E-state index < -0.39 is 24.3 Å². The highest BCUT2D eigenvalue weighted by molar-refractivity contribution is 5.48. The van der Waals surface area contributed by atoms with Crippen LogP contribution >= 0.6 is 0 Å². The van der Waals surface area contributed by atoms with Crippen LogP contribution in [0.3, 0.4) is 0 Å². The molecule has 0 heterocycles. The second-order valence-corrected chi connectivity index (χ2v) is 5.09. The number of rotatable bonds is 7. The Hall–Kier alpha value is -1.40. The van der Waals surface area contributed by atoms with Gasteiger partial charge < -0.3 is 20.3 Å². The molecule has 0 bridgehead atoms. The number of nitrogens with one attached hydrogen (secondary N) is 1. The fraction of sp³-hybridized carbons (Fsp3) is 0.571. The van der Waals surface area contributed by atoms with Gasteiger partial charge in [-0.15, -0.1) is 0 Å². The van der Waals surface area contributed by atoms with Crippen molar-refractivity contribution in [3.63, 3.8) is 0 Å². The van der Waals surface area contributed by atoms with Crippen LogP contribution in [-0.4, -0.2) is 36.1 Å². The summed E-state index contributed by atoms with van der Waals surface area (Å²) in [4.78, 5) is 0. The standard InChI is InChI=1S/C14H19F2NO3/c15-12-4-10(17-6-11(19)7-18)5-13(16)14(12)20-8-9-2-1-3-9/h4-5,9,11,17-19H,1-3,6-8H2. The molecule has 0 aliphatic heterocycles. The third-order valence-electron chi connectivity index (χ3n) is 3.44. The molecular formula is C14H19F2NO3. The van der Waals surface area contributed by atoms with Gasteiger partial charge in [-0.25, -0.2) is 8.78 Å². The first-order valence-corrected chi connectivity index (χ1v) is 6.74. The van der Waals surface area contributed by atoms with Gasteiger partial charge in [-0.3, -0.25) is 0 Å². The number of halogens is 2. The van der Waals surface area contributed by atoms with Crippen molar-refractivity contribution in [2.75, 3.05) is 25.1 Å². The topological polar surface area (TPSA) is 61.7 Å². The van der Waals surface area contributed by atoms with Crippen LogP contribution in [0.2, 0.25) is 0 Å². The smallest absolute Gasteiger partial charge is 0.190 e. The van der Waals surface area contributed by atoms with Crippen LogP contribution in [-0.2, 0) is 0 Å². The molecule has 1 atom stereocenters. The first-order valence-electron chi connectivity index (χ1n) is 6.74. The lowest BCUT2D eigenvalue weighted by atomic mass is 9.86. The zero-order valence-electron chi connectivity index (χ0n) is 11.1. The molecule has 2 rings (SSSR count). The summed E-state index contributed by atoms with van der Waals surface area (Å²) in [5.41, 5.74) is 0.198. The van der Waals surface area contributed by atoms with Gasteiger partial charge in [-0.05, 0) is 18.8 Å². The summed E-state index contributed by atoms with van der Waals surface area (Å²) in [5.74, 6) is -1.51. The van der Waals surface area contributed by atoms with Crippen molar-refractivity contribution >= 4 is 5.69 Å². The van der Waals surface area contributed by atoms with E-state index in [2.05, 4.69) is 5.32 Å². The van der Waals surface area contributed by atoms with Crippen molar-refractivity contribution in [3.8, 4) is 5.75 Å². The molecule has 1 aliphatic carbocycles. The lowest BCUT2D eigenvalue weighted by molar-refractivity contribution is 0.105. The van der Waals surface area contributed by atoms with Gasteiger partial charge in [0.2, 0.25) is 0 Å². The fourth-order valence-electron chi connectivity index (χ4n) is 1.96. The molecule has 0 saturated heterocycles. The Bertz CT molecular complexity index is 429. The van der Waals surface area contributed by atoms with Crippen molar-refractivity contribution in [2.45, 2.75) is 25.4 Å². The average molecular weight is 287 g/mol. The highest BCUT2D eigenvalue weighted by Crippen LogP contribution is 2.30. The van der Waals surface area contributed by atoms with E-state index in [1.165, 1.54) is 0 Å². The van der Waals surface area contributed by atoms with E-state index in [0.29, 0.717) is 12.5 Å². The number of hydrogen-bond acceptors (Lipinski definition) is 4. The molecule has 20 heavy (non-hydrogen) atoms. The van der Waals surface area contributed by atoms with Crippen molar-refractivity contribution in [1.82, 2.24) is 0 Å². The van der Waals surface area contributed by atoms with Crippen LogP contribution in [0.15, 0.2) is 12.1 Å². The highest BCUT2D eigenvalue weighted by Gasteiger charge is 2.20. The van der Waals surface area contributed by atoms with Crippen LogP contribution in [0.1, 0.15) is 19.3 Å². The van der Waals surface area contributed by atoms with Gasteiger partial charge >= 0.3 is 0 Å². The Morgan fingerprint density at radius 1 is 1.30 bits per heavy atom. The van der Waals surface area contributed by atoms with Gasteiger partial charge in [0.05, 0.1) is 19.3 Å². The Labute approximate surface area is 116 Å². The minimum Gasteiger partial charge on any atom is -0.487 e. The minimum absolute atomic E-state index is 0.0116. The quantitative estimate of drug-likeness (QED) is 0.717. The molecule has 3 N–H and O–H groups in total. The summed E-state index contributed by atoms with van der Waals surface area (Å²) in [6.45, 7) is -0.0674. The molecule has 1 aromatic rings. The Morgan fingerprint density at radius 2 is 1.95 bits per heavy atom. The summed E-state index contributed by atoms with van der Waals surface area (Å²) < 4.78 is 32.8. The summed E-state index contributed by atoms with van der Waals surface area (Å²) in [7, 11) is 0. The van der Waals surface area contributed by atoms with E-state index in [1.807, 2.05) is 0 Å². The van der Waals surface area contributed by atoms with Crippen LogP contribution in [0.25, 0.3) is 0 Å². The lowest BCUT2D eigenvalue weighted by Gasteiger charge is -2.25. The van der Waals surface area contributed by atoms with Crippen LogP contribution in [0.4, 0.5) is 14.5 Å². The summed E-state index contributed by atoms with van der Waals surface area (Å²) >= 11 is 0.